The number of carbonyl (C=O) groups is 1. The summed E-state index contributed by atoms with van der Waals surface area (Å²) in [5, 5.41) is 22.4. The number of fused-ring (bicyclic) bond motifs is 13. The Kier molecular flexibility index (Phi) is 29.6. The van der Waals surface area contributed by atoms with Gasteiger partial charge in [0.25, 0.3) is 11.5 Å². The molecule has 1 N–H and O–H groups in total. The summed E-state index contributed by atoms with van der Waals surface area (Å²) in [7, 11) is 0. The summed E-state index contributed by atoms with van der Waals surface area (Å²) in [5.41, 5.74) is 29.0. The van der Waals surface area contributed by atoms with Crippen LogP contribution in [0.3, 0.4) is 0 Å². The third kappa shape index (κ3) is 21.6. The van der Waals surface area contributed by atoms with Crippen LogP contribution in [0, 0.1) is 58.0 Å². The van der Waals surface area contributed by atoms with E-state index < -0.39 is 48.5 Å². The van der Waals surface area contributed by atoms with Crippen molar-refractivity contribution in [3.8, 4) is 90.4 Å². The second-order valence-corrected chi connectivity index (χ2v) is 35.4. The number of imidazole rings is 3. The summed E-state index contributed by atoms with van der Waals surface area (Å²) in [6.45, 7) is 18.0. The van der Waals surface area contributed by atoms with E-state index in [9.17, 15) is 4.79 Å². The van der Waals surface area contributed by atoms with Gasteiger partial charge in [-0.3, -0.25) is 9.78 Å². The maximum atomic E-state index is 10.0. The van der Waals surface area contributed by atoms with Crippen molar-refractivity contribution in [2.75, 3.05) is 0 Å². The van der Waals surface area contributed by atoms with Crippen LogP contribution in [0.4, 0.5) is 0 Å². The summed E-state index contributed by atoms with van der Waals surface area (Å²) in [5.74, 6) is 2.12. The number of para-hydroxylation sites is 2. The normalized spacial score (nSPS) is 12.4. The van der Waals surface area contributed by atoms with Crippen LogP contribution in [-0.4, -0.2) is 49.3 Å². The van der Waals surface area contributed by atoms with E-state index in [0.29, 0.717) is 0 Å². The molecular weight excluding hydrogens is 2490 g/mol. The van der Waals surface area contributed by atoms with Gasteiger partial charge in [0.15, 0.2) is 22.5 Å². The van der Waals surface area contributed by atoms with Crippen molar-refractivity contribution in [3.05, 3.63) is 518 Å². The first kappa shape index (κ1) is 92.3. The number of carbonyl (C=O) groups excluding carboxylic acids is 1. The Morgan fingerprint density at radius 3 is 1.74 bits per heavy atom. The number of rotatable bonds is 8. The third-order valence-electron chi connectivity index (χ3n) is 25.6. The van der Waals surface area contributed by atoms with Crippen molar-refractivity contribution < 1.29 is 110 Å². The van der Waals surface area contributed by atoms with Gasteiger partial charge in [0.05, 0.1) is 28.0 Å². The number of ketones is 1. The molecule has 27 rings (SSSR count). The van der Waals surface area contributed by atoms with Gasteiger partial charge in [-0.15, -0.1) is 179 Å². The van der Waals surface area contributed by atoms with E-state index in [1.807, 2.05) is 141 Å². The number of aliphatic hydroxyl groups is 1. The van der Waals surface area contributed by atoms with E-state index in [-0.39, 0.29) is 109 Å². The van der Waals surface area contributed by atoms with E-state index in [1.54, 1.807) is 0 Å². The molecular formula is C129H101Ir4N10O2-3. The molecule has 3 aliphatic rings. The van der Waals surface area contributed by atoms with Gasteiger partial charge in [-0.05, 0) is 188 Å². The number of allylic oxidation sites excluding steroid dienone is 2. The smallest absolute Gasteiger partial charge is 0.295 e. The summed E-state index contributed by atoms with van der Waals surface area (Å²) in [4.78, 5) is 31.6. The number of aryl methyl sites for hydroxylation is 4. The molecule has 0 bridgehead atoms. The molecule has 0 saturated heterocycles. The standard InChI is InChI=1S/C25H21N2.C24H17N2.C19H13N2.C18H14N.C15H10N.C12H10N.C11H8N.C5H8O2.4Ir/c1-15-10-11-21-20(12-15)19-9-5-8-18-13-26-14-22(27(21)25(26)24(18)19)23-16(2)6-4-7-17(23)3;1-3-11-19-17(8-1)10-7-15-21(19)26-23-14-6-5-13-22(23)25-16-18-9-2-4-12-20(18)24(25)26;1-2-8-16(9-3-1)19-20-13-14-21(19)18-12-6-10-15-7-4-5-11-17(15)18;1-18(2)14-8-4-3-7-13(14)17-16-12(10-11-19-17)6-5-9-15(16)18;1-2-7-13(8-3-1)15-14-9-5-4-6-12(14)10-11-16-15;1-10-7-8-12(13-9-10)11-5-3-2-4-6-11;1-2-6-10(7-3-1)11-8-4-5-9-12-11;1-4(6)3-5(2)7;;;;/h4-12,14H,13H2,1-3H3;1-15H,16H2;1-8,10-14H;3-6,8-11H,1-2H3;1-7,9-11H;2-5,7-9H,1H3;1-6,8-9H;3,6H,1-2H3;;;;/q2*+1;5*-1;;;;;/i;;;;;;1D,2D,3D,4D,5D,6D,8D,9D;;;;;. The average Bonchev–Trinajstić information content (AvgIpc) is 1.57. The second kappa shape index (κ2) is 46.5. The van der Waals surface area contributed by atoms with Gasteiger partial charge in [0.1, 0.15) is 30.5 Å². The largest absolute Gasteiger partial charge is 0.512 e. The van der Waals surface area contributed by atoms with Gasteiger partial charge in [0, 0.05) is 170 Å². The minimum Gasteiger partial charge on any atom is -0.512 e. The number of aromatic nitrogens is 10. The predicted molar refractivity (Wildman–Crippen MR) is 575 cm³/mol. The van der Waals surface area contributed by atoms with Gasteiger partial charge in [0.2, 0.25) is 0 Å². The van der Waals surface area contributed by atoms with Crippen molar-refractivity contribution in [2.24, 2.45) is 0 Å². The number of hydrogen-bond donors (Lipinski definition) is 1. The number of pyridine rings is 5. The van der Waals surface area contributed by atoms with Crippen LogP contribution < -0.4 is 9.13 Å². The molecule has 0 saturated carbocycles. The average molecular weight is 2600 g/mol. The van der Waals surface area contributed by atoms with Gasteiger partial charge in [-0.25, -0.2) is 9.13 Å². The van der Waals surface area contributed by atoms with Crippen molar-refractivity contribution >= 4 is 87.2 Å². The van der Waals surface area contributed by atoms with Crippen molar-refractivity contribution in [3.63, 3.8) is 0 Å². The fraction of sp³-hybridized carbons (Fsp3) is 0.0853. The Morgan fingerprint density at radius 1 is 0.448 bits per heavy atom. The van der Waals surface area contributed by atoms with Crippen molar-refractivity contribution in [1.82, 2.24) is 38.5 Å². The topological polar surface area (TPSA) is 124 Å². The molecule has 8 aromatic heterocycles. The molecule has 16 aromatic carbocycles. The monoisotopic (exact) mass is 2600 g/mol. The molecule has 0 unspecified atom stereocenters. The molecule has 24 aromatic rings. The number of benzene rings is 16. The van der Waals surface area contributed by atoms with Crippen LogP contribution >= 0.6 is 0 Å². The zero-order chi connectivity index (χ0) is 103. The van der Waals surface area contributed by atoms with Crippen molar-refractivity contribution in [2.45, 2.75) is 73.9 Å². The molecule has 0 spiro atoms. The summed E-state index contributed by atoms with van der Waals surface area (Å²) >= 11 is 0. The predicted octanol–water partition coefficient (Wildman–Crippen LogP) is 29.6. The number of nitrogens with zero attached hydrogens (tertiary/aromatic N) is 10. The Balaban J connectivity index is 0.000000126. The molecule has 0 atom stereocenters. The molecule has 12 nitrogen and oxygen atoms in total. The maximum Gasteiger partial charge on any atom is 0.295 e. The first-order valence-electron chi connectivity index (χ1n) is 50.8. The van der Waals surface area contributed by atoms with Gasteiger partial charge >= 0.3 is 0 Å². The first-order chi connectivity index (χ1) is 72.4. The molecule has 4 radical (unpaired) electrons. The van der Waals surface area contributed by atoms with E-state index in [4.69, 9.17) is 16.1 Å². The van der Waals surface area contributed by atoms with E-state index in [1.165, 1.54) is 174 Å². The van der Waals surface area contributed by atoms with E-state index in [2.05, 4.69) is 361 Å². The van der Waals surface area contributed by atoms with E-state index in [0.717, 1.165) is 63.9 Å². The zero-order valence-electron chi connectivity index (χ0n) is 88.5. The minimum atomic E-state index is -0.526. The molecule has 0 fully saturated rings. The maximum absolute atomic E-state index is 10.0. The fourth-order valence-corrected chi connectivity index (χ4v) is 19.3. The SMILES string of the molecule is CC(=O)C=C(C)O.CC1(C)c2ccc[c-]c2-c2nccc3cccc1c23.Cc1ccc(-c2[c-]cccc2)nc1.Cc1ccc2c(c1)c1cccc3c1c1n2c(-c2c(C)cccc2C)c[n+]1C3.[2H]c1[c-]c(-c2nc([2H])c([2H])c([2H])c2[2H])c([2H])c([2H])c1[2H].[Ir].[Ir].[Ir].[Ir].[c-]1ccccc1-c1nccc2ccccc12.[c-]1ccccc1-c1nccn1-c1cccc2ccccc12.c1ccc2c(c1)C[n+]1c-2n(-c2cccc3ccccc23)c2ccccc21. The first-order valence-corrected chi connectivity index (χ1v) is 46.8. The fourth-order valence-electron chi connectivity index (χ4n) is 19.3. The second-order valence-electron chi connectivity index (χ2n) is 35.4. The summed E-state index contributed by atoms with van der Waals surface area (Å²) in [6, 6.07) is 133. The summed E-state index contributed by atoms with van der Waals surface area (Å²) in [6.07, 6.45) is 12.4. The zero-order valence-corrected chi connectivity index (χ0v) is 90.1. The molecule has 0 amide bonds. The van der Waals surface area contributed by atoms with E-state index >= 15 is 0 Å². The molecule has 718 valence electrons. The van der Waals surface area contributed by atoms with Crippen LogP contribution in [0.15, 0.2) is 443 Å². The molecule has 16 heteroatoms. The number of aliphatic hydroxyl groups excluding tert-OH is 1. The van der Waals surface area contributed by atoms with Gasteiger partial charge in [-0.1, -0.05) is 232 Å². The van der Waals surface area contributed by atoms with Crippen LogP contribution in [0.5, 0.6) is 0 Å². The molecule has 1 aliphatic carbocycles. The van der Waals surface area contributed by atoms with Crippen molar-refractivity contribution in [1.29, 1.82) is 0 Å². The molecule has 145 heavy (non-hydrogen) atoms. The van der Waals surface area contributed by atoms with Crippen LogP contribution in [-0.2, 0) is 104 Å². The van der Waals surface area contributed by atoms with Crippen LogP contribution in [0.25, 0.3) is 172 Å². The Bertz CT molecular complexity index is 9210. The Hall–Kier alpha value is -15.1. The third-order valence-corrected chi connectivity index (χ3v) is 25.6. The Morgan fingerprint density at radius 2 is 1.03 bits per heavy atom. The molecule has 2 aliphatic heterocycles. The van der Waals surface area contributed by atoms with Crippen LogP contribution in [0.1, 0.15) is 83.2 Å². The van der Waals surface area contributed by atoms with Crippen LogP contribution in [0.2, 0.25) is 0 Å². The molecule has 10 heterocycles. The quantitative estimate of drug-likeness (QED) is 0.0528. The number of hydrogen-bond acceptors (Lipinski definition) is 7. The van der Waals surface area contributed by atoms with Gasteiger partial charge < -0.3 is 29.6 Å². The summed E-state index contributed by atoms with van der Waals surface area (Å²) < 4.78 is 72.3. The van der Waals surface area contributed by atoms with Gasteiger partial charge in [-0.2, -0.15) is 8.97 Å². The minimum absolute atomic E-state index is 0. The Labute approximate surface area is 911 Å².